The van der Waals surface area contributed by atoms with Crippen molar-refractivity contribution in [2.45, 2.75) is 31.4 Å². The van der Waals surface area contributed by atoms with Gasteiger partial charge in [-0.15, -0.1) is 0 Å². The van der Waals surface area contributed by atoms with Crippen molar-refractivity contribution < 1.29 is 9.84 Å². The Hall–Kier alpha value is -2.04. The van der Waals surface area contributed by atoms with Crippen LogP contribution in [0, 0.1) is 5.92 Å². The molecule has 0 saturated carbocycles. The summed E-state index contributed by atoms with van der Waals surface area (Å²) in [6.07, 6.45) is 3.08. The minimum Gasteiger partial charge on any atom is -0.396 e. The molecule has 2 aromatic carbocycles. The van der Waals surface area contributed by atoms with Gasteiger partial charge in [0.15, 0.2) is 0 Å². The average molecular weight is 324 g/mol. The maximum Gasteiger partial charge on any atom is 0.0894 e. The molecule has 4 rings (SSSR count). The highest BCUT2D eigenvalue weighted by atomic mass is 16.5. The van der Waals surface area contributed by atoms with E-state index in [9.17, 15) is 0 Å². The third-order valence-corrected chi connectivity index (χ3v) is 5.09. The van der Waals surface area contributed by atoms with Gasteiger partial charge in [0.05, 0.1) is 6.10 Å². The highest BCUT2D eigenvalue weighted by Gasteiger charge is 2.40. The predicted octanol–water partition coefficient (Wildman–Crippen LogP) is 4.07. The molecule has 2 aliphatic heterocycles. The number of aliphatic hydroxyl groups is 1. The molecule has 2 heterocycles. The predicted molar refractivity (Wildman–Crippen MR) is 96.7 cm³/mol. The van der Waals surface area contributed by atoms with Crippen molar-refractivity contribution in [1.82, 2.24) is 0 Å². The first-order valence-electron chi connectivity index (χ1n) is 8.80. The van der Waals surface area contributed by atoms with Crippen LogP contribution in [0.5, 0.6) is 0 Å². The first-order chi connectivity index (χ1) is 11.8. The van der Waals surface area contributed by atoms with Gasteiger partial charge in [-0.05, 0) is 49.6 Å². The molecule has 4 nitrogen and oxygen atoms in total. The molecule has 3 N–H and O–H groups in total. The lowest BCUT2D eigenvalue weighted by Crippen LogP contribution is -2.36. The number of anilines is 3. The summed E-state index contributed by atoms with van der Waals surface area (Å²) in [6, 6.07) is 17.1. The van der Waals surface area contributed by atoms with Crippen molar-refractivity contribution in [2.24, 2.45) is 5.92 Å². The van der Waals surface area contributed by atoms with E-state index in [2.05, 4.69) is 41.0 Å². The van der Waals surface area contributed by atoms with Crippen LogP contribution < -0.4 is 10.6 Å². The molecular weight excluding hydrogens is 300 g/mol. The normalized spacial score (nSPS) is 24.8. The van der Waals surface area contributed by atoms with Crippen LogP contribution in [0.4, 0.5) is 17.1 Å². The van der Waals surface area contributed by atoms with Crippen LogP contribution >= 0.6 is 0 Å². The van der Waals surface area contributed by atoms with Crippen molar-refractivity contribution in [1.29, 1.82) is 0 Å². The number of fused-ring (bicyclic) bond motifs is 3. The van der Waals surface area contributed by atoms with E-state index in [1.165, 1.54) is 11.3 Å². The van der Waals surface area contributed by atoms with Gasteiger partial charge >= 0.3 is 0 Å². The Bertz CT molecular complexity index is 689. The zero-order valence-electron chi connectivity index (χ0n) is 13.7. The number of nitrogens with one attached hydrogen (secondary N) is 2. The van der Waals surface area contributed by atoms with Crippen molar-refractivity contribution >= 4 is 17.1 Å². The number of hydrogen-bond acceptors (Lipinski definition) is 4. The minimum absolute atomic E-state index is 0.169. The number of aliphatic hydroxyl groups excluding tert-OH is 1. The Morgan fingerprint density at radius 1 is 1.12 bits per heavy atom. The Labute approximate surface area is 142 Å². The fourth-order valence-electron chi connectivity index (χ4n) is 3.94. The molecule has 1 saturated heterocycles. The molecule has 0 aliphatic carbocycles. The maximum atomic E-state index is 9.14. The van der Waals surface area contributed by atoms with E-state index >= 15 is 0 Å². The smallest absolute Gasteiger partial charge is 0.0894 e. The summed E-state index contributed by atoms with van der Waals surface area (Å²) in [5.41, 5.74) is 4.59. The third kappa shape index (κ3) is 2.99. The molecule has 4 heteroatoms. The lowest BCUT2D eigenvalue weighted by molar-refractivity contribution is 0.0814. The molecule has 3 atom stereocenters. The zero-order chi connectivity index (χ0) is 16.4. The summed E-state index contributed by atoms with van der Waals surface area (Å²) in [5, 5.41) is 16.3. The first kappa shape index (κ1) is 15.5. The van der Waals surface area contributed by atoms with E-state index in [4.69, 9.17) is 9.84 Å². The average Bonchev–Trinajstić information content (AvgIpc) is 3.11. The van der Waals surface area contributed by atoms with Crippen molar-refractivity contribution in [2.75, 3.05) is 23.8 Å². The van der Waals surface area contributed by atoms with Crippen molar-refractivity contribution in [3.8, 4) is 0 Å². The second-order valence-electron chi connectivity index (χ2n) is 6.65. The molecule has 2 aromatic rings. The minimum atomic E-state index is 0.169. The molecule has 0 radical (unpaired) electrons. The highest BCUT2D eigenvalue weighted by molar-refractivity contribution is 5.67. The second-order valence-corrected chi connectivity index (χ2v) is 6.65. The summed E-state index contributed by atoms with van der Waals surface area (Å²) < 4.78 is 6.07. The van der Waals surface area contributed by atoms with Crippen LogP contribution in [-0.2, 0) is 4.74 Å². The molecule has 2 aliphatic rings. The number of para-hydroxylation sites is 1. The standard InChI is InChI=1S/C20H24N2O2/c23-11-4-7-18-16-10-12-24-20(16)17-13-15(8-9-19(17)22-18)21-14-5-2-1-3-6-14/h1-3,5-6,8-9,13,16,18,20-23H,4,7,10-12H2. The summed E-state index contributed by atoms with van der Waals surface area (Å²) >= 11 is 0. The van der Waals surface area contributed by atoms with Crippen molar-refractivity contribution in [3.05, 3.63) is 54.1 Å². The third-order valence-electron chi connectivity index (χ3n) is 5.09. The van der Waals surface area contributed by atoms with E-state index < -0.39 is 0 Å². The van der Waals surface area contributed by atoms with E-state index in [1.807, 2.05) is 18.2 Å². The van der Waals surface area contributed by atoms with Gasteiger partial charge in [0, 0.05) is 47.8 Å². The Morgan fingerprint density at radius 2 is 2.00 bits per heavy atom. The highest BCUT2D eigenvalue weighted by Crippen LogP contribution is 2.46. The number of ether oxygens (including phenoxy) is 1. The first-order valence-corrected chi connectivity index (χ1v) is 8.80. The Balaban J connectivity index is 1.59. The molecule has 0 aromatic heterocycles. The van der Waals surface area contributed by atoms with Gasteiger partial charge in [-0.1, -0.05) is 18.2 Å². The topological polar surface area (TPSA) is 53.5 Å². The van der Waals surface area contributed by atoms with Gasteiger partial charge in [0.25, 0.3) is 0 Å². The van der Waals surface area contributed by atoms with E-state index in [1.54, 1.807) is 0 Å². The Morgan fingerprint density at radius 3 is 2.83 bits per heavy atom. The zero-order valence-corrected chi connectivity index (χ0v) is 13.7. The number of rotatable bonds is 5. The van der Waals surface area contributed by atoms with Crippen LogP contribution in [0.2, 0.25) is 0 Å². The summed E-state index contributed by atoms with van der Waals surface area (Å²) in [7, 11) is 0. The molecule has 126 valence electrons. The molecule has 3 unspecified atom stereocenters. The van der Waals surface area contributed by atoms with E-state index in [0.717, 1.165) is 37.2 Å². The molecule has 0 spiro atoms. The van der Waals surface area contributed by atoms with Crippen molar-refractivity contribution in [3.63, 3.8) is 0 Å². The van der Waals surface area contributed by atoms with Crippen LogP contribution in [-0.4, -0.2) is 24.4 Å². The SMILES string of the molecule is OCCCC1Nc2ccc(Nc3ccccc3)cc2C2OCCC12. The molecular formula is C20H24N2O2. The fraction of sp³-hybridized carbons (Fsp3) is 0.400. The molecule has 1 fully saturated rings. The van der Waals surface area contributed by atoms with Gasteiger partial charge < -0.3 is 20.5 Å². The number of hydrogen-bond donors (Lipinski definition) is 3. The van der Waals surface area contributed by atoms with E-state index in [0.29, 0.717) is 12.0 Å². The van der Waals surface area contributed by atoms with Gasteiger partial charge in [0.2, 0.25) is 0 Å². The molecule has 0 bridgehead atoms. The van der Waals surface area contributed by atoms with Crippen LogP contribution in [0.1, 0.15) is 30.9 Å². The van der Waals surface area contributed by atoms with Crippen LogP contribution in [0.15, 0.2) is 48.5 Å². The van der Waals surface area contributed by atoms with Crippen LogP contribution in [0.3, 0.4) is 0 Å². The summed E-state index contributed by atoms with van der Waals surface area (Å²) in [6.45, 7) is 1.08. The number of benzene rings is 2. The van der Waals surface area contributed by atoms with Gasteiger partial charge in [-0.3, -0.25) is 0 Å². The largest absolute Gasteiger partial charge is 0.396 e. The second kappa shape index (κ2) is 6.83. The van der Waals surface area contributed by atoms with Gasteiger partial charge in [-0.25, -0.2) is 0 Å². The van der Waals surface area contributed by atoms with E-state index in [-0.39, 0.29) is 12.7 Å². The van der Waals surface area contributed by atoms with Gasteiger partial charge in [-0.2, -0.15) is 0 Å². The molecule has 24 heavy (non-hydrogen) atoms. The Kier molecular flexibility index (Phi) is 4.41. The fourth-order valence-corrected chi connectivity index (χ4v) is 3.94. The summed E-state index contributed by atoms with van der Waals surface area (Å²) in [5.74, 6) is 0.496. The lowest BCUT2D eigenvalue weighted by atomic mass is 9.82. The van der Waals surface area contributed by atoms with Gasteiger partial charge in [0.1, 0.15) is 0 Å². The maximum absolute atomic E-state index is 9.14. The quantitative estimate of drug-likeness (QED) is 0.776. The summed E-state index contributed by atoms with van der Waals surface area (Å²) in [4.78, 5) is 0. The monoisotopic (exact) mass is 324 g/mol. The molecule has 0 amide bonds. The van der Waals surface area contributed by atoms with Crippen LogP contribution in [0.25, 0.3) is 0 Å². The lowest BCUT2D eigenvalue weighted by Gasteiger charge is -2.36.